The zero-order valence-electron chi connectivity index (χ0n) is 12.0. The van der Waals surface area contributed by atoms with Crippen LogP contribution < -0.4 is 15.2 Å². The molecule has 112 valence electrons. The molecule has 1 aromatic carbocycles. The van der Waals surface area contributed by atoms with Gasteiger partial charge in [-0.25, -0.2) is 4.79 Å². The van der Waals surface area contributed by atoms with E-state index in [0.717, 1.165) is 5.56 Å². The van der Waals surface area contributed by atoms with E-state index in [-0.39, 0.29) is 5.95 Å². The first kappa shape index (κ1) is 16.2. The molecule has 3 N–H and O–H groups in total. The van der Waals surface area contributed by atoms with Crippen molar-refractivity contribution in [3.8, 4) is 11.8 Å². The number of nitrogens with zero attached hydrogens (tertiary/aromatic N) is 2. The lowest BCUT2D eigenvalue weighted by molar-refractivity contribution is 0.0697. The van der Waals surface area contributed by atoms with E-state index in [4.69, 9.17) is 20.3 Å². The third kappa shape index (κ3) is 5.35. The average molecular weight is 291 g/mol. The van der Waals surface area contributed by atoms with Crippen molar-refractivity contribution in [1.29, 1.82) is 0 Å². The molecule has 0 saturated heterocycles. The maximum absolute atomic E-state index is 10.4. The second-order valence-corrected chi connectivity index (χ2v) is 3.99. The maximum atomic E-state index is 10.4. The number of aryl methyl sites for hydroxylation is 1. The number of methoxy groups -OCH3 is 2. The maximum Gasteiger partial charge on any atom is 0.335 e. The topological polar surface area (TPSA) is 108 Å². The van der Waals surface area contributed by atoms with Crippen LogP contribution in [0, 0.1) is 6.92 Å². The number of hydrogen-bond acceptors (Lipinski definition) is 6. The number of hydrogen-bond donors (Lipinski definition) is 2. The van der Waals surface area contributed by atoms with Gasteiger partial charge < -0.3 is 20.3 Å². The third-order valence-corrected chi connectivity index (χ3v) is 2.38. The smallest absolute Gasteiger partial charge is 0.335 e. The van der Waals surface area contributed by atoms with Gasteiger partial charge in [0, 0.05) is 0 Å². The summed E-state index contributed by atoms with van der Waals surface area (Å²) < 4.78 is 9.65. The van der Waals surface area contributed by atoms with Crippen molar-refractivity contribution < 1.29 is 19.4 Å². The van der Waals surface area contributed by atoms with Gasteiger partial charge in [-0.15, -0.1) is 0 Å². The zero-order chi connectivity index (χ0) is 15.8. The molecule has 0 saturated carbocycles. The number of benzene rings is 1. The molecule has 7 heteroatoms. The van der Waals surface area contributed by atoms with Crippen LogP contribution in [0.25, 0.3) is 0 Å². The van der Waals surface area contributed by atoms with Gasteiger partial charge >= 0.3 is 5.97 Å². The Morgan fingerprint density at radius 3 is 2.10 bits per heavy atom. The number of carboxylic acids is 1. The molecule has 0 unspecified atom stereocenters. The predicted molar refractivity (Wildman–Crippen MR) is 77.7 cm³/mol. The summed E-state index contributed by atoms with van der Waals surface area (Å²) in [5, 5.41) is 8.51. The van der Waals surface area contributed by atoms with Crippen molar-refractivity contribution in [2.45, 2.75) is 6.92 Å². The number of rotatable bonds is 3. The Labute approximate surface area is 122 Å². The summed E-state index contributed by atoms with van der Waals surface area (Å²) in [7, 11) is 3.00. The Balaban J connectivity index is 0.000000211. The molecule has 0 aliphatic heterocycles. The zero-order valence-corrected chi connectivity index (χ0v) is 12.0. The molecule has 0 atom stereocenters. The SMILES string of the molecule is COc1cc(OC)nc(N)n1.Cc1cccc(C(=O)O)c1. The van der Waals surface area contributed by atoms with E-state index in [9.17, 15) is 4.79 Å². The fourth-order valence-corrected chi connectivity index (χ4v) is 1.41. The number of ether oxygens (including phenoxy) is 2. The Kier molecular flexibility index (Phi) is 5.94. The van der Waals surface area contributed by atoms with Crippen molar-refractivity contribution in [3.63, 3.8) is 0 Å². The van der Waals surface area contributed by atoms with Crippen LogP contribution in [0.15, 0.2) is 30.3 Å². The number of aromatic nitrogens is 2. The van der Waals surface area contributed by atoms with Crippen LogP contribution in [-0.2, 0) is 0 Å². The summed E-state index contributed by atoms with van der Waals surface area (Å²) in [4.78, 5) is 17.9. The van der Waals surface area contributed by atoms with Crippen LogP contribution in [0.4, 0.5) is 5.95 Å². The Hall–Kier alpha value is -2.83. The molecule has 1 aromatic heterocycles. The van der Waals surface area contributed by atoms with E-state index in [0.29, 0.717) is 17.3 Å². The molecule has 7 nitrogen and oxygen atoms in total. The summed E-state index contributed by atoms with van der Waals surface area (Å²) in [6.07, 6.45) is 0. The first-order valence-electron chi connectivity index (χ1n) is 5.98. The van der Waals surface area contributed by atoms with Crippen molar-refractivity contribution in [2.75, 3.05) is 20.0 Å². The Morgan fingerprint density at radius 2 is 1.71 bits per heavy atom. The van der Waals surface area contributed by atoms with Crippen LogP contribution >= 0.6 is 0 Å². The monoisotopic (exact) mass is 291 g/mol. The lowest BCUT2D eigenvalue weighted by atomic mass is 10.1. The number of nitrogens with two attached hydrogens (primary N) is 1. The molecular formula is C14H17N3O4. The highest BCUT2D eigenvalue weighted by Gasteiger charge is 2.00. The van der Waals surface area contributed by atoms with E-state index in [1.165, 1.54) is 14.2 Å². The molecular weight excluding hydrogens is 274 g/mol. The average Bonchev–Trinajstić information content (AvgIpc) is 2.47. The summed E-state index contributed by atoms with van der Waals surface area (Å²) in [6, 6.07) is 8.37. The second kappa shape index (κ2) is 7.68. The quantitative estimate of drug-likeness (QED) is 0.887. The van der Waals surface area contributed by atoms with Gasteiger partial charge in [0.25, 0.3) is 0 Å². The molecule has 0 aliphatic carbocycles. The van der Waals surface area contributed by atoms with Gasteiger partial charge in [-0.2, -0.15) is 9.97 Å². The molecule has 0 radical (unpaired) electrons. The highest BCUT2D eigenvalue weighted by Crippen LogP contribution is 2.14. The van der Waals surface area contributed by atoms with Crippen LogP contribution in [-0.4, -0.2) is 35.3 Å². The second-order valence-electron chi connectivity index (χ2n) is 3.99. The van der Waals surface area contributed by atoms with E-state index in [1.54, 1.807) is 24.3 Å². The highest BCUT2D eigenvalue weighted by atomic mass is 16.5. The van der Waals surface area contributed by atoms with Gasteiger partial charge in [0.2, 0.25) is 17.7 Å². The standard InChI is InChI=1S/C8H8O2.C6H9N3O2/c1-6-3-2-4-7(5-6)8(9)10;1-10-4-3-5(11-2)9-6(7)8-4/h2-5H,1H3,(H,9,10);3H,1-2H3,(H2,7,8,9). The number of aromatic carboxylic acids is 1. The summed E-state index contributed by atoms with van der Waals surface area (Å²) in [5.41, 5.74) is 6.65. The number of carboxylic acid groups (broad SMARTS) is 1. The summed E-state index contributed by atoms with van der Waals surface area (Å²) >= 11 is 0. The van der Waals surface area contributed by atoms with Crippen LogP contribution in [0.2, 0.25) is 0 Å². The first-order chi connectivity index (χ1) is 9.96. The van der Waals surface area contributed by atoms with E-state index >= 15 is 0 Å². The van der Waals surface area contributed by atoms with Gasteiger partial charge in [-0.3, -0.25) is 0 Å². The molecule has 21 heavy (non-hydrogen) atoms. The normalized spacial score (nSPS) is 9.29. The fourth-order valence-electron chi connectivity index (χ4n) is 1.41. The largest absolute Gasteiger partial charge is 0.481 e. The van der Waals surface area contributed by atoms with E-state index < -0.39 is 5.97 Å². The lowest BCUT2D eigenvalue weighted by Crippen LogP contribution is -1.99. The van der Waals surface area contributed by atoms with Gasteiger partial charge in [0.1, 0.15) is 0 Å². The Bertz CT molecular complexity index is 595. The first-order valence-corrected chi connectivity index (χ1v) is 5.98. The minimum atomic E-state index is -0.872. The van der Waals surface area contributed by atoms with E-state index in [2.05, 4.69) is 9.97 Å². The van der Waals surface area contributed by atoms with Crippen LogP contribution in [0.3, 0.4) is 0 Å². The van der Waals surface area contributed by atoms with Gasteiger partial charge in [-0.05, 0) is 19.1 Å². The minimum absolute atomic E-state index is 0.140. The van der Waals surface area contributed by atoms with Crippen LogP contribution in [0.1, 0.15) is 15.9 Å². The van der Waals surface area contributed by atoms with E-state index in [1.807, 2.05) is 13.0 Å². The highest BCUT2D eigenvalue weighted by molar-refractivity contribution is 5.87. The lowest BCUT2D eigenvalue weighted by Gasteiger charge is -2.01. The molecule has 2 rings (SSSR count). The summed E-state index contributed by atoms with van der Waals surface area (Å²) in [5.74, 6) is 0.0635. The fraction of sp³-hybridized carbons (Fsp3) is 0.214. The van der Waals surface area contributed by atoms with Crippen molar-refractivity contribution in [2.24, 2.45) is 0 Å². The summed E-state index contributed by atoms with van der Waals surface area (Å²) in [6.45, 7) is 1.87. The van der Waals surface area contributed by atoms with Gasteiger partial charge in [0.15, 0.2) is 0 Å². The number of anilines is 1. The molecule has 1 heterocycles. The van der Waals surface area contributed by atoms with Crippen LogP contribution in [0.5, 0.6) is 11.8 Å². The van der Waals surface area contributed by atoms with Gasteiger partial charge in [0.05, 0.1) is 25.8 Å². The van der Waals surface area contributed by atoms with Gasteiger partial charge in [-0.1, -0.05) is 17.7 Å². The molecule has 0 bridgehead atoms. The molecule has 0 amide bonds. The van der Waals surface area contributed by atoms with Crippen molar-refractivity contribution >= 4 is 11.9 Å². The molecule has 0 spiro atoms. The van der Waals surface area contributed by atoms with Crippen molar-refractivity contribution in [3.05, 3.63) is 41.5 Å². The predicted octanol–water partition coefficient (Wildman–Crippen LogP) is 1.77. The van der Waals surface area contributed by atoms with Crippen molar-refractivity contribution in [1.82, 2.24) is 9.97 Å². The third-order valence-electron chi connectivity index (χ3n) is 2.38. The minimum Gasteiger partial charge on any atom is -0.481 e. The Morgan fingerprint density at radius 1 is 1.14 bits per heavy atom. The molecule has 0 fully saturated rings. The molecule has 0 aliphatic rings. The number of carbonyl (C=O) groups is 1. The number of nitrogen functional groups attached to an aromatic ring is 1. The molecule has 2 aromatic rings.